The number of nitrogens with one attached hydrogen (secondary N) is 1. The Labute approximate surface area is 155 Å². The van der Waals surface area contributed by atoms with Crippen molar-refractivity contribution in [2.75, 3.05) is 32.1 Å². The number of rotatable bonds is 10. The van der Waals surface area contributed by atoms with E-state index in [2.05, 4.69) is 29.4 Å². The Morgan fingerprint density at radius 1 is 1.08 bits per heavy atom. The highest BCUT2D eigenvalue weighted by atomic mass is 16.5. The van der Waals surface area contributed by atoms with Crippen molar-refractivity contribution in [2.45, 2.75) is 25.9 Å². The van der Waals surface area contributed by atoms with Gasteiger partial charge < -0.3 is 19.7 Å². The van der Waals surface area contributed by atoms with Crippen LogP contribution in [0.2, 0.25) is 0 Å². The first-order valence-corrected chi connectivity index (χ1v) is 8.98. The zero-order valence-corrected chi connectivity index (χ0v) is 15.8. The van der Waals surface area contributed by atoms with Gasteiger partial charge in [0.2, 0.25) is 0 Å². The Morgan fingerprint density at radius 3 is 2.35 bits per heavy atom. The summed E-state index contributed by atoms with van der Waals surface area (Å²) in [5, 5.41) is 2.97. The Bertz CT molecular complexity index is 659. The molecule has 0 saturated carbocycles. The zero-order chi connectivity index (χ0) is 18.8. The van der Waals surface area contributed by atoms with Crippen molar-refractivity contribution >= 4 is 11.6 Å². The van der Waals surface area contributed by atoms with Gasteiger partial charge in [-0.15, -0.1) is 0 Å². The molecule has 0 spiro atoms. The zero-order valence-electron chi connectivity index (χ0n) is 15.8. The molecule has 140 valence electrons. The summed E-state index contributed by atoms with van der Waals surface area (Å²) in [6, 6.07) is 17.5. The molecule has 0 heterocycles. The summed E-state index contributed by atoms with van der Waals surface area (Å²) in [7, 11) is 3.67. The Morgan fingerprint density at radius 2 is 1.73 bits per heavy atom. The first-order valence-electron chi connectivity index (χ1n) is 8.98. The van der Waals surface area contributed by atoms with Gasteiger partial charge in [0.15, 0.2) is 6.10 Å². The summed E-state index contributed by atoms with van der Waals surface area (Å²) in [6.07, 6.45) is 0.994. The van der Waals surface area contributed by atoms with Gasteiger partial charge in [-0.05, 0) is 49.2 Å². The summed E-state index contributed by atoms with van der Waals surface area (Å²) in [6.45, 7) is 3.44. The van der Waals surface area contributed by atoms with Crippen LogP contribution in [0, 0.1) is 0 Å². The van der Waals surface area contributed by atoms with E-state index in [4.69, 9.17) is 9.47 Å². The smallest absolute Gasteiger partial charge is 0.261 e. The monoisotopic (exact) mass is 356 g/mol. The number of hydrogen-bond acceptors (Lipinski definition) is 4. The predicted molar refractivity (Wildman–Crippen MR) is 105 cm³/mol. The number of methoxy groups -OCH3 is 1. The number of carbonyl (C=O) groups is 1. The average molecular weight is 356 g/mol. The Balaban J connectivity index is 1.74. The fraction of sp³-hybridized carbons (Fsp3) is 0.381. The van der Waals surface area contributed by atoms with E-state index < -0.39 is 6.10 Å². The second-order valence-corrected chi connectivity index (χ2v) is 6.09. The van der Waals surface area contributed by atoms with Crippen LogP contribution in [0.1, 0.15) is 19.8 Å². The molecule has 1 atom stereocenters. The number of para-hydroxylation sites is 1. The molecule has 0 fully saturated rings. The number of nitrogens with zero attached hydrogens (tertiary/aromatic N) is 1. The van der Waals surface area contributed by atoms with Crippen molar-refractivity contribution < 1.29 is 14.3 Å². The number of benzene rings is 2. The van der Waals surface area contributed by atoms with E-state index in [1.54, 1.807) is 7.11 Å². The highest BCUT2D eigenvalue weighted by Crippen LogP contribution is 2.19. The average Bonchev–Trinajstić information content (AvgIpc) is 2.70. The molecule has 26 heavy (non-hydrogen) atoms. The largest absolute Gasteiger partial charge is 0.497 e. The van der Waals surface area contributed by atoms with Gasteiger partial charge in [0.1, 0.15) is 11.5 Å². The van der Waals surface area contributed by atoms with Gasteiger partial charge >= 0.3 is 0 Å². The Kier molecular flexibility index (Phi) is 7.80. The first kappa shape index (κ1) is 19.6. The quantitative estimate of drug-likeness (QED) is 0.662. The van der Waals surface area contributed by atoms with E-state index in [-0.39, 0.29) is 5.91 Å². The molecule has 5 nitrogen and oxygen atoms in total. The molecule has 5 heteroatoms. The second kappa shape index (κ2) is 10.3. The van der Waals surface area contributed by atoms with E-state index in [0.29, 0.717) is 18.7 Å². The van der Waals surface area contributed by atoms with Crippen molar-refractivity contribution in [3.8, 4) is 11.5 Å². The summed E-state index contributed by atoms with van der Waals surface area (Å²) in [5.74, 6) is 1.35. The van der Waals surface area contributed by atoms with E-state index in [0.717, 1.165) is 18.7 Å². The molecule has 0 aromatic heterocycles. The van der Waals surface area contributed by atoms with Crippen molar-refractivity contribution in [1.29, 1.82) is 0 Å². The maximum atomic E-state index is 12.3. The van der Waals surface area contributed by atoms with E-state index in [1.807, 2.05) is 49.4 Å². The third-order valence-corrected chi connectivity index (χ3v) is 4.17. The van der Waals surface area contributed by atoms with Gasteiger partial charge in [-0.25, -0.2) is 0 Å². The van der Waals surface area contributed by atoms with Crippen LogP contribution in [-0.4, -0.2) is 39.3 Å². The normalized spacial score (nSPS) is 11.5. The molecule has 0 radical (unpaired) electrons. The van der Waals surface area contributed by atoms with E-state index in [9.17, 15) is 4.79 Å². The van der Waals surface area contributed by atoms with Crippen molar-refractivity contribution in [3.63, 3.8) is 0 Å². The molecule has 2 aromatic rings. The molecule has 0 saturated heterocycles. The molecule has 2 rings (SSSR count). The Hall–Kier alpha value is -2.69. The first-order chi connectivity index (χ1) is 12.6. The number of anilines is 1. The third kappa shape index (κ3) is 5.99. The summed E-state index contributed by atoms with van der Waals surface area (Å²) < 4.78 is 10.9. The highest BCUT2D eigenvalue weighted by molar-refractivity contribution is 5.81. The van der Waals surface area contributed by atoms with Crippen LogP contribution >= 0.6 is 0 Å². The van der Waals surface area contributed by atoms with Gasteiger partial charge in [-0.3, -0.25) is 4.79 Å². The molecular weight excluding hydrogens is 328 g/mol. The SMILES string of the molecule is CC[C@H](Oc1ccc(OC)cc1)C(=O)NCCCN(C)c1ccccc1. The molecule has 0 aliphatic heterocycles. The lowest BCUT2D eigenvalue weighted by atomic mass is 10.2. The van der Waals surface area contributed by atoms with Crippen LogP contribution in [-0.2, 0) is 4.79 Å². The maximum Gasteiger partial charge on any atom is 0.261 e. The molecule has 0 aliphatic carbocycles. The summed E-state index contributed by atoms with van der Waals surface area (Å²) in [5.41, 5.74) is 1.17. The summed E-state index contributed by atoms with van der Waals surface area (Å²) >= 11 is 0. The van der Waals surface area contributed by atoms with Crippen LogP contribution in [0.25, 0.3) is 0 Å². The highest BCUT2D eigenvalue weighted by Gasteiger charge is 2.17. The second-order valence-electron chi connectivity index (χ2n) is 6.09. The predicted octanol–water partition coefficient (Wildman–Crippen LogP) is 3.50. The van der Waals surface area contributed by atoms with Crippen LogP contribution in [0.4, 0.5) is 5.69 Å². The van der Waals surface area contributed by atoms with Gasteiger partial charge in [0, 0.05) is 25.8 Å². The number of amides is 1. The number of hydrogen-bond donors (Lipinski definition) is 1. The van der Waals surface area contributed by atoms with Crippen LogP contribution in [0.5, 0.6) is 11.5 Å². The van der Waals surface area contributed by atoms with E-state index in [1.165, 1.54) is 5.69 Å². The number of ether oxygens (including phenoxy) is 2. The molecule has 1 N–H and O–H groups in total. The lowest BCUT2D eigenvalue weighted by Gasteiger charge is -2.20. The van der Waals surface area contributed by atoms with Gasteiger partial charge in [-0.1, -0.05) is 25.1 Å². The van der Waals surface area contributed by atoms with Crippen molar-refractivity contribution in [1.82, 2.24) is 5.32 Å². The van der Waals surface area contributed by atoms with Gasteiger partial charge in [-0.2, -0.15) is 0 Å². The fourth-order valence-electron chi connectivity index (χ4n) is 2.59. The molecule has 0 bridgehead atoms. The molecule has 0 aliphatic rings. The summed E-state index contributed by atoms with van der Waals surface area (Å²) in [4.78, 5) is 14.5. The van der Waals surface area contributed by atoms with Crippen LogP contribution in [0.15, 0.2) is 54.6 Å². The number of carbonyl (C=O) groups excluding carboxylic acids is 1. The topological polar surface area (TPSA) is 50.8 Å². The van der Waals surface area contributed by atoms with E-state index >= 15 is 0 Å². The molecule has 1 amide bonds. The maximum absolute atomic E-state index is 12.3. The minimum Gasteiger partial charge on any atom is -0.497 e. The molecule has 0 unspecified atom stereocenters. The molecule has 2 aromatic carbocycles. The van der Waals surface area contributed by atoms with Gasteiger partial charge in [0.25, 0.3) is 5.91 Å². The fourth-order valence-corrected chi connectivity index (χ4v) is 2.59. The van der Waals surface area contributed by atoms with Crippen LogP contribution in [0.3, 0.4) is 0 Å². The third-order valence-electron chi connectivity index (χ3n) is 4.17. The minimum absolute atomic E-state index is 0.0781. The minimum atomic E-state index is -0.491. The van der Waals surface area contributed by atoms with Crippen molar-refractivity contribution in [2.24, 2.45) is 0 Å². The lowest BCUT2D eigenvalue weighted by molar-refractivity contribution is -0.128. The van der Waals surface area contributed by atoms with Crippen LogP contribution < -0.4 is 19.7 Å². The standard InChI is InChI=1S/C21H28N2O3/c1-4-20(26-19-13-11-18(25-3)12-14-19)21(24)22-15-8-16-23(2)17-9-6-5-7-10-17/h5-7,9-14,20H,4,8,15-16H2,1-3H3,(H,22,24)/t20-/m0/s1. The molecular formula is C21H28N2O3. The lowest BCUT2D eigenvalue weighted by Crippen LogP contribution is -2.39. The van der Waals surface area contributed by atoms with Gasteiger partial charge in [0.05, 0.1) is 7.11 Å². The van der Waals surface area contributed by atoms with Crippen molar-refractivity contribution in [3.05, 3.63) is 54.6 Å².